The van der Waals surface area contributed by atoms with Crippen molar-refractivity contribution >= 4 is 21.4 Å². The first-order chi connectivity index (χ1) is 13.4. The van der Waals surface area contributed by atoms with Crippen molar-refractivity contribution in [2.45, 2.75) is 38.1 Å². The molecule has 3 heterocycles. The topological polar surface area (TPSA) is 158 Å². The van der Waals surface area contributed by atoms with E-state index in [0.29, 0.717) is 12.3 Å². The van der Waals surface area contributed by atoms with Gasteiger partial charge in [-0.3, -0.25) is 13.8 Å². The molecule has 0 saturated heterocycles. The first-order valence-electron chi connectivity index (χ1n) is 8.76. The van der Waals surface area contributed by atoms with Crippen LogP contribution in [-0.2, 0) is 10.4 Å². The molecule has 0 unspecified atom stereocenters. The SMILES string of the molecule is N#CC[C@H](C1CCCC1)n1cc(-c2ncnc3[nH]ccc23)cn1.O=S(=O)(O)O. The lowest BCUT2D eigenvalue weighted by Crippen LogP contribution is -2.17. The average molecular weight is 404 g/mol. The van der Waals surface area contributed by atoms with Crippen LogP contribution < -0.4 is 0 Å². The molecule has 3 aromatic heterocycles. The van der Waals surface area contributed by atoms with Gasteiger partial charge >= 0.3 is 10.4 Å². The molecule has 1 atom stereocenters. The molecule has 0 aromatic carbocycles. The summed E-state index contributed by atoms with van der Waals surface area (Å²) in [5, 5.41) is 14.7. The van der Waals surface area contributed by atoms with E-state index in [1.54, 1.807) is 6.33 Å². The van der Waals surface area contributed by atoms with E-state index in [1.807, 2.05) is 29.3 Å². The van der Waals surface area contributed by atoms with E-state index < -0.39 is 10.4 Å². The van der Waals surface area contributed by atoms with Crippen LogP contribution in [0.1, 0.15) is 38.1 Å². The summed E-state index contributed by atoms with van der Waals surface area (Å²) in [5.74, 6) is 0.556. The number of H-pyrrole nitrogens is 1. The minimum absolute atomic E-state index is 0.166. The summed E-state index contributed by atoms with van der Waals surface area (Å²) < 4.78 is 33.6. The van der Waals surface area contributed by atoms with Gasteiger partial charge in [-0.25, -0.2) is 9.97 Å². The van der Waals surface area contributed by atoms with E-state index >= 15 is 0 Å². The van der Waals surface area contributed by atoms with Gasteiger partial charge in [-0.15, -0.1) is 0 Å². The molecule has 1 aliphatic rings. The molecule has 10 nitrogen and oxygen atoms in total. The third-order valence-electron chi connectivity index (χ3n) is 4.81. The van der Waals surface area contributed by atoms with Crippen LogP contribution in [0.4, 0.5) is 0 Å². The second-order valence-corrected chi connectivity index (χ2v) is 7.49. The fraction of sp³-hybridized carbons (Fsp3) is 0.412. The van der Waals surface area contributed by atoms with Crippen molar-refractivity contribution in [2.75, 3.05) is 0 Å². The smallest absolute Gasteiger partial charge is 0.346 e. The number of hydrogen-bond donors (Lipinski definition) is 3. The molecule has 0 aliphatic heterocycles. The summed E-state index contributed by atoms with van der Waals surface area (Å²) in [6, 6.07) is 4.47. The second-order valence-electron chi connectivity index (χ2n) is 6.59. The molecule has 3 N–H and O–H groups in total. The number of aromatic amines is 1. The van der Waals surface area contributed by atoms with Gasteiger partial charge in [-0.05, 0) is 24.8 Å². The fourth-order valence-corrected chi connectivity index (χ4v) is 3.66. The van der Waals surface area contributed by atoms with Crippen LogP contribution in [0.15, 0.2) is 31.0 Å². The Kier molecular flexibility index (Phi) is 6.03. The van der Waals surface area contributed by atoms with Gasteiger partial charge in [-0.1, -0.05) is 12.8 Å². The van der Waals surface area contributed by atoms with Crippen LogP contribution in [-0.4, -0.2) is 42.3 Å². The molecule has 11 heteroatoms. The molecule has 0 radical (unpaired) electrons. The highest BCUT2D eigenvalue weighted by Crippen LogP contribution is 2.36. The summed E-state index contributed by atoms with van der Waals surface area (Å²) in [6.07, 6.45) is 12.7. The van der Waals surface area contributed by atoms with E-state index in [4.69, 9.17) is 17.5 Å². The van der Waals surface area contributed by atoms with Crippen LogP contribution >= 0.6 is 0 Å². The maximum atomic E-state index is 9.18. The Morgan fingerprint density at radius 3 is 2.71 bits per heavy atom. The molecule has 0 spiro atoms. The summed E-state index contributed by atoms with van der Waals surface area (Å²) in [7, 11) is -4.67. The minimum atomic E-state index is -4.67. The van der Waals surface area contributed by atoms with Crippen molar-refractivity contribution in [3.63, 3.8) is 0 Å². The van der Waals surface area contributed by atoms with Crippen LogP contribution in [0.25, 0.3) is 22.3 Å². The molecule has 3 aromatic rings. The van der Waals surface area contributed by atoms with Crippen molar-refractivity contribution in [1.29, 1.82) is 5.26 Å². The number of nitrogens with zero attached hydrogens (tertiary/aromatic N) is 5. The molecule has 0 amide bonds. The van der Waals surface area contributed by atoms with Crippen LogP contribution in [0.3, 0.4) is 0 Å². The van der Waals surface area contributed by atoms with Gasteiger partial charge in [0.25, 0.3) is 0 Å². The molecule has 1 aliphatic carbocycles. The largest absolute Gasteiger partial charge is 0.394 e. The van der Waals surface area contributed by atoms with Crippen molar-refractivity contribution in [3.8, 4) is 17.3 Å². The third-order valence-corrected chi connectivity index (χ3v) is 4.81. The highest BCUT2D eigenvalue weighted by atomic mass is 32.3. The molecule has 148 valence electrons. The predicted molar refractivity (Wildman–Crippen MR) is 101 cm³/mol. The summed E-state index contributed by atoms with van der Waals surface area (Å²) in [6.45, 7) is 0. The van der Waals surface area contributed by atoms with Crippen LogP contribution in [0.5, 0.6) is 0 Å². The van der Waals surface area contributed by atoms with Gasteiger partial charge in [0.05, 0.1) is 30.4 Å². The van der Waals surface area contributed by atoms with Crippen molar-refractivity contribution in [1.82, 2.24) is 24.7 Å². The Morgan fingerprint density at radius 2 is 2.04 bits per heavy atom. The lowest BCUT2D eigenvalue weighted by Gasteiger charge is -2.21. The minimum Gasteiger partial charge on any atom is -0.346 e. The normalized spacial score (nSPS) is 15.8. The summed E-state index contributed by atoms with van der Waals surface area (Å²) in [4.78, 5) is 11.7. The van der Waals surface area contributed by atoms with Gasteiger partial charge in [0, 0.05) is 23.3 Å². The highest BCUT2D eigenvalue weighted by molar-refractivity contribution is 7.79. The predicted octanol–water partition coefficient (Wildman–Crippen LogP) is 2.81. The summed E-state index contributed by atoms with van der Waals surface area (Å²) in [5.41, 5.74) is 2.68. The molecule has 0 bridgehead atoms. The van der Waals surface area contributed by atoms with Gasteiger partial charge < -0.3 is 4.98 Å². The highest BCUT2D eigenvalue weighted by Gasteiger charge is 2.27. The molecular formula is C17H20N6O4S. The van der Waals surface area contributed by atoms with E-state index in [0.717, 1.165) is 22.3 Å². The van der Waals surface area contributed by atoms with Gasteiger partial charge in [0.15, 0.2) is 0 Å². The molecule has 4 rings (SSSR count). The molecule has 1 fully saturated rings. The van der Waals surface area contributed by atoms with Crippen molar-refractivity contribution in [3.05, 3.63) is 31.0 Å². The number of nitriles is 1. The average Bonchev–Trinajstić information content (AvgIpc) is 3.39. The lowest BCUT2D eigenvalue weighted by molar-refractivity contribution is 0.315. The maximum absolute atomic E-state index is 9.18. The zero-order chi connectivity index (χ0) is 20.1. The Bertz CT molecular complexity index is 1070. The van der Waals surface area contributed by atoms with Crippen LogP contribution in [0, 0.1) is 17.2 Å². The van der Waals surface area contributed by atoms with E-state index in [-0.39, 0.29) is 6.04 Å². The van der Waals surface area contributed by atoms with E-state index in [2.05, 4.69) is 26.1 Å². The number of nitrogens with one attached hydrogen (secondary N) is 1. The number of hydrogen-bond acceptors (Lipinski definition) is 6. The number of rotatable bonds is 4. The fourth-order valence-electron chi connectivity index (χ4n) is 3.66. The van der Waals surface area contributed by atoms with Gasteiger partial charge in [-0.2, -0.15) is 18.8 Å². The Morgan fingerprint density at radius 1 is 1.32 bits per heavy atom. The quantitative estimate of drug-likeness (QED) is 0.560. The Labute approximate surface area is 161 Å². The molecular weight excluding hydrogens is 384 g/mol. The zero-order valence-electron chi connectivity index (χ0n) is 14.9. The maximum Gasteiger partial charge on any atom is 0.394 e. The first-order valence-corrected chi connectivity index (χ1v) is 10.2. The standard InChI is InChI=1S/C17H18N6.H2O4S/c18-7-5-15(12-3-1-2-4-12)23-10-13(9-22-23)16-14-6-8-19-17(14)21-11-20-16;1-5(2,3)4/h6,8-12,15H,1-5H2,(H,19,20,21);(H2,1,2,3,4)/t15-;/m1./s1. The van der Waals surface area contributed by atoms with Gasteiger partial charge in [0.1, 0.15) is 12.0 Å². The molecule has 28 heavy (non-hydrogen) atoms. The third kappa shape index (κ3) is 4.92. The van der Waals surface area contributed by atoms with Crippen LogP contribution in [0.2, 0.25) is 0 Å². The Balaban J connectivity index is 0.000000403. The summed E-state index contributed by atoms with van der Waals surface area (Å²) >= 11 is 0. The van der Waals surface area contributed by atoms with Crippen molar-refractivity contribution in [2.24, 2.45) is 5.92 Å². The number of fused-ring (bicyclic) bond motifs is 1. The van der Waals surface area contributed by atoms with Crippen molar-refractivity contribution < 1.29 is 17.5 Å². The van der Waals surface area contributed by atoms with E-state index in [9.17, 15) is 5.26 Å². The molecule has 1 saturated carbocycles. The Hall–Kier alpha value is -2.81. The second kappa shape index (κ2) is 8.47. The lowest BCUT2D eigenvalue weighted by atomic mass is 9.96. The van der Waals surface area contributed by atoms with Gasteiger partial charge in [0.2, 0.25) is 0 Å². The van der Waals surface area contributed by atoms with E-state index in [1.165, 1.54) is 25.7 Å². The monoisotopic (exact) mass is 404 g/mol. The zero-order valence-corrected chi connectivity index (χ0v) is 15.7. The number of aromatic nitrogens is 5. The first kappa shape index (κ1) is 19.9.